The molecule has 1 atom stereocenters. The fourth-order valence-electron chi connectivity index (χ4n) is 2.27. The van der Waals surface area contributed by atoms with E-state index in [0.29, 0.717) is 24.5 Å². The van der Waals surface area contributed by atoms with Crippen LogP contribution in [0.15, 0.2) is 29.1 Å². The third kappa shape index (κ3) is 3.38. The zero-order valence-corrected chi connectivity index (χ0v) is 12.9. The number of quaternary nitrogens is 1. The number of aryl methyl sites for hydroxylation is 1. The highest BCUT2D eigenvalue weighted by molar-refractivity contribution is 5.36. The molecular formula is C16H18FN4O+. The lowest BCUT2D eigenvalue weighted by molar-refractivity contribution is -0.917. The van der Waals surface area contributed by atoms with E-state index in [2.05, 4.69) is 5.10 Å². The lowest BCUT2D eigenvalue weighted by Crippen LogP contribution is -3.07. The van der Waals surface area contributed by atoms with Crippen molar-refractivity contribution in [3.05, 3.63) is 62.8 Å². The van der Waals surface area contributed by atoms with Crippen molar-refractivity contribution >= 4 is 0 Å². The molecule has 1 N–H and O–H groups in total. The average molecular weight is 301 g/mol. The molecule has 0 fully saturated rings. The van der Waals surface area contributed by atoms with Gasteiger partial charge in [-0.2, -0.15) is 15.0 Å². The van der Waals surface area contributed by atoms with E-state index < -0.39 is 0 Å². The fourth-order valence-corrected chi connectivity index (χ4v) is 2.27. The third-order valence-corrected chi connectivity index (χ3v) is 3.59. The van der Waals surface area contributed by atoms with Gasteiger partial charge in [-0.15, -0.1) is 0 Å². The number of hydrogen-bond acceptors (Lipinski definition) is 3. The monoisotopic (exact) mass is 301 g/mol. The van der Waals surface area contributed by atoms with Crippen LogP contribution >= 0.6 is 0 Å². The summed E-state index contributed by atoms with van der Waals surface area (Å²) in [6, 6.07) is 8.21. The second-order valence-corrected chi connectivity index (χ2v) is 5.42. The van der Waals surface area contributed by atoms with E-state index in [0.717, 1.165) is 10.5 Å². The second-order valence-electron chi connectivity index (χ2n) is 5.42. The van der Waals surface area contributed by atoms with Crippen molar-refractivity contribution in [2.24, 2.45) is 0 Å². The average Bonchev–Trinajstić information content (AvgIpc) is 2.48. The van der Waals surface area contributed by atoms with Crippen LogP contribution in [0.1, 0.15) is 22.4 Å². The summed E-state index contributed by atoms with van der Waals surface area (Å²) in [5.74, 6) is -0.271. The largest absolute Gasteiger partial charge is 0.315 e. The number of nitriles is 1. The van der Waals surface area contributed by atoms with Gasteiger partial charge in [0.25, 0.3) is 5.56 Å². The van der Waals surface area contributed by atoms with Crippen LogP contribution in [0.3, 0.4) is 0 Å². The number of benzene rings is 1. The van der Waals surface area contributed by atoms with E-state index in [9.17, 15) is 9.18 Å². The first-order chi connectivity index (χ1) is 10.4. The molecule has 114 valence electrons. The molecule has 6 heteroatoms. The molecule has 0 spiro atoms. The minimum Gasteiger partial charge on any atom is -0.315 e. The molecule has 0 amide bonds. The Labute approximate surface area is 128 Å². The van der Waals surface area contributed by atoms with Crippen molar-refractivity contribution in [1.82, 2.24) is 9.78 Å². The molecule has 0 bridgehead atoms. The standard InChI is InChI=1S/C16H17FN4O/c1-11-12(2)19-21(16(22)15(11)8-18)10-20(3)9-13-4-6-14(17)7-5-13/h4-7H,9-10H2,1-3H3/p+1. The van der Waals surface area contributed by atoms with Gasteiger partial charge in [0, 0.05) is 5.56 Å². The molecule has 1 aromatic heterocycles. The summed E-state index contributed by atoms with van der Waals surface area (Å²) in [6.45, 7) is 4.47. The number of halogens is 1. The van der Waals surface area contributed by atoms with Crippen LogP contribution < -0.4 is 10.5 Å². The molecule has 1 heterocycles. The fraction of sp³-hybridized carbons (Fsp3) is 0.312. The molecule has 1 unspecified atom stereocenters. The van der Waals surface area contributed by atoms with Crippen LogP contribution in [-0.4, -0.2) is 16.8 Å². The number of nitrogens with zero attached hydrogens (tertiary/aromatic N) is 3. The smallest absolute Gasteiger partial charge is 0.289 e. The maximum atomic E-state index is 12.9. The normalized spacial score (nSPS) is 12.0. The first kappa shape index (κ1) is 15.9. The van der Waals surface area contributed by atoms with Gasteiger partial charge in [-0.25, -0.2) is 4.39 Å². The molecule has 0 radical (unpaired) electrons. The highest BCUT2D eigenvalue weighted by Crippen LogP contribution is 2.04. The summed E-state index contributed by atoms with van der Waals surface area (Å²) in [7, 11) is 1.92. The molecule has 0 aliphatic rings. The zero-order chi connectivity index (χ0) is 16.3. The van der Waals surface area contributed by atoms with E-state index >= 15 is 0 Å². The van der Waals surface area contributed by atoms with Crippen LogP contribution in [0.4, 0.5) is 4.39 Å². The Bertz CT molecular complexity index is 774. The quantitative estimate of drug-likeness (QED) is 0.897. The molecule has 0 saturated heterocycles. The van der Waals surface area contributed by atoms with E-state index in [1.165, 1.54) is 16.8 Å². The molecule has 22 heavy (non-hydrogen) atoms. The van der Waals surface area contributed by atoms with Crippen molar-refractivity contribution in [2.45, 2.75) is 27.1 Å². The number of aromatic nitrogens is 2. The summed E-state index contributed by atoms with van der Waals surface area (Å²) in [4.78, 5) is 13.2. The summed E-state index contributed by atoms with van der Waals surface area (Å²) in [5, 5.41) is 13.4. The lowest BCUT2D eigenvalue weighted by atomic mass is 10.1. The minimum absolute atomic E-state index is 0.141. The SMILES string of the molecule is Cc1nn(C[NH+](C)Cc2ccc(F)cc2)c(=O)c(C#N)c1C. The van der Waals surface area contributed by atoms with Gasteiger partial charge in [0.05, 0.1) is 12.7 Å². The number of nitrogens with one attached hydrogen (secondary N) is 1. The Morgan fingerprint density at radius 3 is 2.55 bits per heavy atom. The molecule has 0 aliphatic heterocycles. The highest BCUT2D eigenvalue weighted by Gasteiger charge is 2.14. The van der Waals surface area contributed by atoms with Gasteiger partial charge in [0.2, 0.25) is 0 Å². The Hall–Kier alpha value is -2.52. The maximum absolute atomic E-state index is 12.9. The molecule has 2 aromatic rings. The molecule has 1 aromatic carbocycles. The summed E-state index contributed by atoms with van der Waals surface area (Å²) < 4.78 is 14.2. The second kappa shape index (κ2) is 6.50. The summed E-state index contributed by atoms with van der Waals surface area (Å²) >= 11 is 0. The summed E-state index contributed by atoms with van der Waals surface area (Å²) in [6.07, 6.45) is 0. The van der Waals surface area contributed by atoms with Gasteiger partial charge >= 0.3 is 0 Å². The van der Waals surface area contributed by atoms with Crippen molar-refractivity contribution in [3.8, 4) is 6.07 Å². The van der Waals surface area contributed by atoms with Crippen LogP contribution in [0.2, 0.25) is 0 Å². The van der Waals surface area contributed by atoms with E-state index in [1.54, 1.807) is 26.0 Å². The van der Waals surface area contributed by atoms with E-state index in [1.807, 2.05) is 13.1 Å². The van der Waals surface area contributed by atoms with Crippen molar-refractivity contribution < 1.29 is 9.29 Å². The number of hydrogen-bond donors (Lipinski definition) is 1. The van der Waals surface area contributed by atoms with Crippen molar-refractivity contribution in [3.63, 3.8) is 0 Å². The third-order valence-electron chi connectivity index (χ3n) is 3.59. The predicted molar refractivity (Wildman–Crippen MR) is 79.7 cm³/mol. The Morgan fingerprint density at radius 2 is 1.95 bits per heavy atom. The van der Waals surface area contributed by atoms with Crippen LogP contribution in [0, 0.1) is 31.0 Å². The number of rotatable bonds is 4. The van der Waals surface area contributed by atoms with Gasteiger partial charge in [0.15, 0.2) is 6.67 Å². The Morgan fingerprint density at radius 1 is 1.32 bits per heavy atom. The first-order valence-corrected chi connectivity index (χ1v) is 6.96. The van der Waals surface area contributed by atoms with E-state index in [4.69, 9.17) is 5.26 Å². The predicted octanol–water partition coefficient (Wildman–Crippen LogP) is 0.543. The Kier molecular flexibility index (Phi) is 4.68. The van der Waals surface area contributed by atoms with Crippen LogP contribution in [0.5, 0.6) is 0 Å². The molecule has 0 aliphatic carbocycles. The zero-order valence-electron chi connectivity index (χ0n) is 12.9. The maximum Gasteiger partial charge on any atom is 0.289 e. The van der Waals surface area contributed by atoms with Gasteiger partial charge in [-0.1, -0.05) is 12.1 Å². The van der Waals surface area contributed by atoms with E-state index in [-0.39, 0.29) is 16.9 Å². The lowest BCUT2D eigenvalue weighted by Gasteiger charge is -2.16. The minimum atomic E-state index is -0.371. The van der Waals surface area contributed by atoms with Gasteiger partial charge in [-0.05, 0) is 31.5 Å². The molecular weight excluding hydrogens is 283 g/mol. The molecule has 2 rings (SSSR count). The Balaban J connectivity index is 2.20. The van der Waals surface area contributed by atoms with Crippen LogP contribution in [-0.2, 0) is 13.2 Å². The van der Waals surface area contributed by atoms with Crippen molar-refractivity contribution in [2.75, 3.05) is 7.05 Å². The topological polar surface area (TPSA) is 63.1 Å². The van der Waals surface area contributed by atoms with Crippen molar-refractivity contribution in [1.29, 1.82) is 5.26 Å². The highest BCUT2D eigenvalue weighted by atomic mass is 19.1. The van der Waals surface area contributed by atoms with Gasteiger partial charge in [-0.3, -0.25) is 4.79 Å². The van der Waals surface area contributed by atoms with Gasteiger partial charge < -0.3 is 4.90 Å². The molecule has 0 saturated carbocycles. The first-order valence-electron chi connectivity index (χ1n) is 6.96. The molecule has 5 nitrogen and oxygen atoms in total. The van der Waals surface area contributed by atoms with Gasteiger partial charge in [0.1, 0.15) is 24.0 Å². The summed E-state index contributed by atoms with van der Waals surface area (Å²) in [5.41, 5.74) is 2.04. The van der Waals surface area contributed by atoms with Crippen LogP contribution in [0.25, 0.3) is 0 Å².